The number of nitrogens with one attached hydrogen (secondary N) is 1. The third kappa shape index (κ3) is 4.68. The van der Waals surface area contributed by atoms with Crippen LogP contribution in [0, 0.1) is 0 Å². The molecule has 2 aromatic carbocycles. The molecular formula is C26H34N4O. The van der Waals surface area contributed by atoms with Crippen molar-refractivity contribution in [3.63, 3.8) is 0 Å². The molecule has 1 unspecified atom stereocenters. The molecule has 1 fully saturated rings. The molecule has 0 bridgehead atoms. The molecular weight excluding hydrogens is 384 g/mol. The molecule has 1 saturated heterocycles. The summed E-state index contributed by atoms with van der Waals surface area (Å²) in [6.07, 6.45) is 3.07. The molecule has 2 heterocycles. The Morgan fingerprint density at radius 2 is 1.71 bits per heavy atom. The highest BCUT2D eigenvalue weighted by Crippen LogP contribution is 2.39. The van der Waals surface area contributed by atoms with Crippen LogP contribution in [0.5, 0.6) is 0 Å². The van der Waals surface area contributed by atoms with Crippen LogP contribution in [0.15, 0.2) is 48.5 Å². The Bertz CT molecular complexity index is 929. The Kier molecular flexibility index (Phi) is 6.73. The number of likely N-dealkylation sites (N-methyl/N-ethyl adjacent to an activating group) is 1. The number of benzene rings is 2. The summed E-state index contributed by atoms with van der Waals surface area (Å²) in [5.41, 5.74) is 6.26. The quantitative estimate of drug-likeness (QED) is 0.775. The van der Waals surface area contributed by atoms with E-state index >= 15 is 0 Å². The zero-order valence-corrected chi connectivity index (χ0v) is 19.0. The van der Waals surface area contributed by atoms with Crippen LogP contribution in [0.4, 0.5) is 0 Å². The molecule has 2 aliphatic heterocycles. The lowest BCUT2D eigenvalue weighted by molar-refractivity contribution is -0.120. The van der Waals surface area contributed by atoms with Gasteiger partial charge in [0.1, 0.15) is 6.17 Å². The van der Waals surface area contributed by atoms with E-state index in [2.05, 4.69) is 88.6 Å². The molecule has 5 heteroatoms. The number of hydrogen-bond donors (Lipinski definition) is 1. The van der Waals surface area contributed by atoms with Gasteiger partial charge in [0, 0.05) is 51.9 Å². The van der Waals surface area contributed by atoms with Crippen LogP contribution >= 0.6 is 0 Å². The van der Waals surface area contributed by atoms with Gasteiger partial charge < -0.3 is 15.1 Å². The molecule has 0 saturated carbocycles. The first-order chi connectivity index (χ1) is 15.1. The monoisotopic (exact) mass is 418 g/mol. The Labute approximate surface area is 186 Å². The average molecular weight is 419 g/mol. The Balaban J connectivity index is 1.58. The van der Waals surface area contributed by atoms with Crippen LogP contribution in [0.2, 0.25) is 0 Å². The standard InChI is InChI=1S/C26H34N4O/c1-4-25(31)27-19-20-10-12-21(13-11-20)24-18-22-8-6-7-9-23(22)26(28(24)3)30-16-14-29(5-2)15-17-30/h6-13,18,26H,4-5,14-17,19H2,1-3H3,(H,27,31). The van der Waals surface area contributed by atoms with Gasteiger partial charge in [-0.05, 0) is 34.9 Å². The first-order valence-electron chi connectivity index (χ1n) is 11.5. The van der Waals surface area contributed by atoms with Gasteiger partial charge in [-0.3, -0.25) is 9.69 Å². The zero-order chi connectivity index (χ0) is 21.8. The number of carbonyl (C=O) groups is 1. The van der Waals surface area contributed by atoms with E-state index in [1.54, 1.807) is 0 Å². The fourth-order valence-corrected chi connectivity index (χ4v) is 4.64. The van der Waals surface area contributed by atoms with E-state index in [1.807, 2.05) is 6.92 Å². The maximum Gasteiger partial charge on any atom is 0.219 e. The maximum atomic E-state index is 11.6. The third-order valence-corrected chi connectivity index (χ3v) is 6.57. The number of rotatable bonds is 6. The summed E-state index contributed by atoms with van der Waals surface area (Å²) in [5, 5.41) is 2.95. The lowest BCUT2D eigenvalue weighted by Crippen LogP contribution is -2.51. The molecule has 0 radical (unpaired) electrons. The summed E-state index contributed by atoms with van der Waals surface area (Å²) >= 11 is 0. The number of piperazine rings is 1. The van der Waals surface area contributed by atoms with Crippen molar-refractivity contribution in [1.82, 2.24) is 20.0 Å². The van der Waals surface area contributed by atoms with Crippen molar-refractivity contribution < 1.29 is 4.79 Å². The number of carbonyl (C=O) groups excluding carboxylic acids is 1. The minimum absolute atomic E-state index is 0.0846. The van der Waals surface area contributed by atoms with Gasteiger partial charge in [0.05, 0.1) is 0 Å². The average Bonchev–Trinajstić information content (AvgIpc) is 2.82. The first-order valence-corrected chi connectivity index (χ1v) is 11.5. The smallest absolute Gasteiger partial charge is 0.219 e. The van der Waals surface area contributed by atoms with E-state index in [0.717, 1.165) is 38.3 Å². The molecule has 0 aliphatic carbocycles. The van der Waals surface area contributed by atoms with E-state index in [9.17, 15) is 4.79 Å². The van der Waals surface area contributed by atoms with Crippen molar-refractivity contribution in [2.24, 2.45) is 0 Å². The topological polar surface area (TPSA) is 38.8 Å². The second-order valence-electron chi connectivity index (χ2n) is 8.44. The molecule has 0 aromatic heterocycles. The van der Waals surface area contributed by atoms with Crippen molar-refractivity contribution in [2.45, 2.75) is 33.0 Å². The molecule has 4 rings (SSSR count). The first kappa shape index (κ1) is 21.6. The van der Waals surface area contributed by atoms with Crippen molar-refractivity contribution in [3.05, 3.63) is 70.8 Å². The van der Waals surface area contributed by atoms with Gasteiger partial charge in [-0.25, -0.2) is 0 Å². The third-order valence-electron chi connectivity index (χ3n) is 6.57. The zero-order valence-electron chi connectivity index (χ0n) is 19.0. The minimum atomic E-state index is 0.0846. The van der Waals surface area contributed by atoms with E-state index in [0.29, 0.717) is 13.0 Å². The van der Waals surface area contributed by atoms with Gasteiger partial charge in [-0.2, -0.15) is 0 Å². The summed E-state index contributed by atoms with van der Waals surface area (Å²) in [7, 11) is 2.22. The number of fused-ring (bicyclic) bond motifs is 1. The largest absolute Gasteiger partial charge is 0.354 e. The SMILES string of the molecule is CCC(=O)NCc1ccc(C2=Cc3ccccc3C(N3CCN(CC)CC3)N2C)cc1. The summed E-state index contributed by atoms with van der Waals surface area (Å²) in [4.78, 5) is 19.1. The molecule has 1 atom stereocenters. The predicted octanol–water partition coefficient (Wildman–Crippen LogP) is 3.79. The Morgan fingerprint density at radius 3 is 2.39 bits per heavy atom. The van der Waals surface area contributed by atoms with Crippen LogP contribution in [0.25, 0.3) is 11.8 Å². The maximum absolute atomic E-state index is 11.6. The van der Waals surface area contributed by atoms with Gasteiger partial charge in [0.25, 0.3) is 0 Å². The molecule has 31 heavy (non-hydrogen) atoms. The molecule has 0 spiro atoms. The molecule has 2 aromatic rings. The van der Waals surface area contributed by atoms with E-state index < -0.39 is 0 Å². The van der Waals surface area contributed by atoms with Crippen LogP contribution < -0.4 is 5.32 Å². The van der Waals surface area contributed by atoms with Crippen molar-refractivity contribution in [2.75, 3.05) is 39.8 Å². The minimum Gasteiger partial charge on any atom is -0.354 e. The number of hydrogen-bond acceptors (Lipinski definition) is 4. The molecule has 2 aliphatic rings. The van der Waals surface area contributed by atoms with Crippen molar-refractivity contribution in [3.8, 4) is 0 Å². The lowest BCUT2D eigenvalue weighted by Gasteiger charge is -2.46. The summed E-state index contributed by atoms with van der Waals surface area (Å²) in [6.45, 7) is 10.2. The van der Waals surface area contributed by atoms with Gasteiger partial charge in [0.2, 0.25) is 5.91 Å². The number of nitrogens with zero attached hydrogens (tertiary/aromatic N) is 3. The highest BCUT2D eigenvalue weighted by Gasteiger charge is 2.32. The normalized spacial score (nSPS) is 19.6. The van der Waals surface area contributed by atoms with Crippen LogP contribution in [0.3, 0.4) is 0 Å². The highest BCUT2D eigenvalue weighted by atomic mass is 16.1. The summed E-state index contributed by atoms with van der Waals surface area (Å²) in [5.74, 6) is 0.0846. The van der Waals surface area contributed by atoms with Gasteiger partial charge in [-0.15, -0.1) is 0 Å². The van der Waals surface area contributed by atoms with Gasteiger partial charge in [0.15, 0.2) is 0 Å². The second-order valence-corrected chi connectivity index (χ2v) is 8.44. The summed E-state index contributed by atoms with van der Waals surface area (Å²) < 4.78 is 0. The van der Waals surface area contributed by atoms with Crippen LogP contribution in [0.1, 0.15) is 48.7 Å². The highest BCUT2D eigenvalue weighted by molar-refractivity contribution is 5.83. The summed E-state index contributed by atoms with van der Waals surface area (Å²) in [6, 6.07) is 17.4. The predicted molar refractivity (Wildman–Crippen MR) is 127 cm³/mol. The molecule has 164 valence electrons. The van der Waals surface area contributed by atoms with E-state index in [4.69, 9.17) is 0 Å². The van der Waals surface area contributed by atoms with Gasteiger partial charge >= 0.3 is 0 Å². The van der Waals surface area contributed by atoms with Gasteiger partial charge in [-0.1, -0.05) is 62.4 Å². The Morgan fingerprint density at radius 1 is 1.00 bits per heavy atom. The fraction of sp³-hybridized carbons (Fsp3) is 0.423. The number of amides is 1. The van der Waals surface area contributed by atoms with Crippen LogP contribution in [-0.2, 0) is 11.3 Å². The second kappa shape index (κ2) is 9.67. The van der Waals surface area contributed by atoms with E-state index in [1.165, 1.54) is 22.4 Å². The van der Waals surface area contributed by atoms with Crippen molar-refractivity contribution >= 4 is 17.7 Å². The lowest BCUT2D eigenvalue weighted by atomic mass is 9.94. The molecule has 1 amide bonds. The molecule has 1 N–H and O–H groups in total. The Hall–Kier alpha value is -2.63. The molecule has 5 nitrogen and oxygen atoms in total. The van der Waals surface area contributed by atoms with Crippen LogP contribution in [-0.4, -0.2) is 60.4 Å². The van der Waals surface area contributed by atoms with Crippen molar-refractivity contribution in [1.29, 1.82) is 0 Å². The van der Waals surface area contributed by atoms with E-state index in [-0.39, 0.29) is 12.1 Å². The fourth-order valence-electron chi connectivity index (χ4n) is 4.64.